The summed E-state index contributed by atoms with van der Waals surface area (Å²) in [5, 5.41) is 13.8. The summed E-state index contributed by atoms with van der Waals surface area (Å²) in [7, 11) is 0. The molecule has 1 N–H and O–H groups in total. The summed E-state index contributed by atoms with van der Waals surface area (Å²) in [6, 6.07) is 18.4. The molecule has 8 heteroatoms. The summed E-state index contributed by atoms with van der Waals surface area (Å²) in [6.07, 6.45) is 3.05. The van der Waals surface area contributed by atoms with E-state index in [4.69, 9.17) is 4.74 Å². The van der Waals surface area contributed by atoms with Gasteiger partial charge in [0.25, 0.3) is 5.56 Å². The molecular formula is C27H32N6O2. The second-order valence-corrected chi connectivity index (χ2v) is 9.38. The molecule has 0 bridgehead atoms. The lowest BCUT2D eigenvalue weighted by Gasteiger charge is -2.30. The number of fused-ring (bicyclic) bond motifs is 1. The lowest BCUT2D eigenvalue weighted by molar-refractivity contribution is 0.0888. The number of ether oxygens (including phenoxy) is 1. The highest BCUT2D eigenvalue weighted by Crippen LogP contribution is 2.27. The van der Waals surface area contributed by atoms with E-state index in [0.717, 1.165) is 53.7 Å². The zero-order valence-corrected chi connectivity index (χ0v) is 20.4. The largest absolute Gasteiger partial charge is 0.376 e. The minimum absolute atomic E-state index is 0.0563. The minimum Gasteiger partial charge on any atom is -0.376 e. The quantitative estimate of drug-likeness (QED) is 0.394. The van der Waals surface area contributed by atoms with Crippen molar-refractivity contribution < 1.29 is 4.74 Å². The van der Waals surface area contributed by atoms with Crippen LogP contribution in [0.5, 0.6) is 0 Å². The monoisotopic (exact) mass is 472 g/mol. The van der Waals surface area contributed by atoms with Crippen molar-refractivity contribution in [2.45, 2.75) is 64.9 Å². The Bertz CT molecular complexity index is 1330. The zero-order chi connectivity index (χ0) is 24.2. The maximum Gasteiger partial charge on any atom is 0.252 e. The SMILES string of the molecule is CC[C@H](c1nnnn1C[C@@H]1CCCO1)N(Cc1ccccc1)Cc1cc2cc(C)ccc2[nH]c1=O. The zero-order valence-electron chi connectivity index (χ0n) is 20.4. The van der Waals surface area contributed by atoms with E-state index in [9.17, 15) is 4.79 Å². The highest BCUT2D eigenvalue weighted by Gasteiger charge is 2.28. The van der Waals surface area contributed by atoms with E-state index in [-0.39, 0.29) is 17.7 Å². The van der Waals surface area contributed by atoms with Crippen LogP contribution in [0.25, 0.3) is 10.9 Å². The Morgan fingerprint density at radius 3 is 2.80 bits per heavy atom. The minimum atomic E-state index is -0.0618. The Kier molecular flexibility index (Phi) is 7.01. The molecule has 1 aliphatic rings. The summed E-state index contributed by atoms with van der Waals surface area (Å²) in [6.45, 7) is 6.81. The molecule has 0 spiro atoms. The lowest BCUT2D eigenvalue weighted by atomic mass is 10.1. The number of hydrogen-bond acceptors (Lipinski definition) is 6. The number of tetrazole rings is 1. The van der Waals surface area contributed by atoms with Crippen molar-refractivity contribution in [3.8, 4) is 0 Å². The summed E-state index contributed by atoms with van der Waals surface area (Å²) in [5.41, 5.74) is 3.86. The van der Waals surface area contributed by atoms with Crippen LogP contribution >= 0.6 is 0 Å². The number of nitrogens with zero attached hydrogens (tertiary/aromatic N) is 5. The van der Waals surface area contributed by atoms with Gasteiger partial charge in [0.05, 0.1) is 18.7 Å². The number of pyridine rings is 1. The number of aromatic nitrogens is 5. The maximum absolute atomic E-state index is 13.1. The molecule has 1 saturated heterocycles. The summed E-state index contributed by atoms with van der Waals surface area (Å²) in [5.74, 6) is 0.812. The molecule has 182 valence electrons. The Balaban J connectivity index is 1.50. The number of aromatic amines is 1. The Morgan fingerprint density at radius 2 is 2.03 bits per heavy atom. The van der Waals surface area contributed by atoms with Crippen LogP contribution in [0.2, 0.25) is 0 Å². The van der Waals surface area contributed by atoms with Crippen LogP contribution in [0.1, 0.15) is 54.7 Å². The Morgan fingerprint density at radius 1 is 1.17 bits per heavy atom. The van der Waals surface area contributed by atoms with Gasteiger partial charge in [0.1, 0.15) is 0 Å². The number of rotatable bonds is 9. The van der Waals surface area contributed by atoms with Crippen molar-refractivity contribution >= 4 is 10.9 Å². The van der Waals surface area contributed by atoms with E-state index in [1.807, 2.05) is 41.1 Å². The van der Waals surface area contributed by atoms with Gasteiger partial charge in [-0.25, -0.2) is 4.68 Å². The second kappa shape index (κ2) is 10.5. The van der Waals surface area contributed by atoms with Crippen LogP contribution in [0.3, 0.4) is 0 Å². The van der Waals surface area contributed by atoms with Gasteiger partial charge in [0, 0.05) is 30.8 Å². The number of nitrogens with one attached hydrogen (secondary N) is 1. The Labute approximate surface area is 204 Å². The van der Waals surface area contributed by atoms with Gasteiger partial charge in [-0.2, -0.15) is 0 Å². The Hall–Kier alpha value is -3.36. The molecule has 8 nitrogen and oxygen atoms in total. The van der Waals surface area contributed by atoms with Gasteiger partial charge in [0.2, 0.25) is 0 Å². The van der Waals surface area contributed by atoms with Crippen LogP contribution in [0.4, 0.5) is 0 Å². The third-order valence-corrected chi connectivity index (χ3v) is 6.76. The molecule has 5 rings (SSSR count). The predicted octanol–water partition coefficient (Wildman–Crippen LogP) is 4.16. The second-order valence-electron chi connectivity index (χ2n) is 9.38. The van der Waals surface area contributed by atoms with Gasteiger partial charge in [-0.15, -0.1) is 5.10 Å². The van der Waals surface area contributed by atoms with Gasteiger partial charge < -0.3 is 9.72 Å². The average Bonchev–Trinajstić information content (AvgIpc) is 3.54. The third-order valence-electron chi connectivity index (χ3n) is 6.76. The first-order chi connectivity index (χ1) is 17.1. The van der Waals surface area contributed by atoms with Crippen LogP contribution in [-0.4, -0.2) is 42.8 Å². The summed E-state index contributed by atoms with van der Waals surface area (Å²) < 4.78 is 7.72. The molecule has 2 aromatic heterocycles. The van der Waals surface area contributed by atoms with Gasteiger partial charge >= 0.3 is 0 Å². The van der Waals surface area contributed by atoms with E-state index in [1.54, 1.807) is 0 Å². The average molecular weight is 473 g/mol. The lowest BCUT2D eigenvalue weighted by Crippen LogP contribution is -2.33. The molecule has 0 aliphatic carbocycles. The molecule has 0 radical (unpaired) electrons. The van der Waals surface area contributed by atoms with Gasteiger partial charge in [0.15, 0.2) is 5.82 Å². The first kappa shape index (κ1) is 23.4. The first-order valence-corrected chi connectivity index (χ1v) is 12.4. The molecule has 0 unspecified atom stereocenters. The molecule has 4 aromatic rings. The number of benzene rings is 2. The van der Waals surface area contributed by atoms with Crippen molar-refractivity contribution in [3.63, 3.8) is 0 Å². The van der Waals surface area contributed by atoms with Gasteiger partial charge in [-0.1, -0.05) is 48.9 Å². The summed E-state index contributed by atoms with van der Waals surface area (Å²) >= 11 is 0. The maximum atomic E-state index is 13.1. The van der Waals surface area contributed by atoms with E-state index in [1.165, 1.54) is 5.56 Å². The fourth-order valence-corrected chi connectivity index (χ4v) is 4.97. The molecule has 0 saturated carbocycles. The molecule has 3 heterocycles. The molecule has 2 aromatic carbocycles. The molecular weight excluding hydrogens is 440 g/mol. The molecule has 0 amide bonds. The molecule has 35 heavy (non-hydrogen) atoms. The predicted molar refractivity (Wildman–Crippen MR) is 135 cm³/mol. The fourth-order valence-electron chi connectivity index (χ4n) is 4.97. The van der Waals surface area contributed by atoms with Crippen molar-refractivity contribution in [3.05, 3.63) is 87.5 Å². The van der Waals surface area contributed by atoms with Crippen molar-refractivity contribution in [1.82, 2.24) is 30.1 Å². The first-order valence-electron chi connectivity index (χ1n) is 12.4. The van der Waals surface area contributed by atoms with Crippen molar-refractivity contribution in [2.75, 3.05) is 6.61 Å². The number of hydrogen-bond donors (Lipinski definition) is 1. The fraction of sp³-hybridized carbons (Fsp3) is 0.407. The number of aryl methyl sites for hydroxylation is 1. The van der Waals surface area contributed by atoms with E-state index < -0.39 is 0 Å². The van der Waals surface area contributed by atoms with E-state index in [2.05, 4.69) is 57.5 Å². The summed E-state index contributed by atoms with van der Waals surface area (Å²) in [4.78, 5) is 18.4. The van der Waals surface area contributed by atoms with Crippen molar-refractivity contribution in [2.24, 2.45) is 0 Å². The van der Waals surface area contributed by atoms with Crippen LogP contribution < -0.4 is 5.56 Å². The third kappa shape index (κ3) is 5.33. The van der Waals surface area contributed by atoms with Crippen molar-refractivity contribution in [1.29, 1.82) is 0 Å². The van der Waals surface area contributed by atoms with E-state index in [0.29, 0.717) is 19.6 Å². The normalized spacial score (nSPS) is 16.8. The highest BCUT2D eigenvalue weighted by atomic mass is 16.5. The van der Waals surface area contributed by atoms with Crippen LogP contribution in [0, 0.1) is 6.92 Å². The molecule has 2 atom stereocenters. The topological polar surface area (TPSA) is 88.9 Å². The molecule has 1 fully saturated rings. The van der Waals surface area contributed by atoms with Gasteiger partial charge in [-0.05, 0) is 65.8 Å². The van der Waals surface area contributed by atoms with Crippen LogP contribution in [0.15, 0.2) is 59.4 Å². The molecule has 1 aliphatic heterocycles. The highest BCUT2D eigenvalue weighted by molar-refractivity contribution is 5.79. The van der Waals surface area contributed by atoms with E-state index >= 15 is 0 Å². The number of H-pyrrole nitrogens is 1. The smallest absolute Gasteiger partial charge is 0.252 e. The standard InChI is InChI=1S/C27H32N6O2/c1-3-25(26-29-30-31-33(26)18-23-10-7-13-35-23)32(16-20-8-5-4-6-9-20)17-22-15-21-14-19(2)11-12-24(21)28-27(22)34/h4-6,8-9,11-12,14-15,23,25H,3,7,10,13,16-18H2,1-2H3,(H,28,34)/t23-,25+/m0/s1. The van der Waals surface area contributed by atoms with Crippen LogP contribution in [-0.2, 0) is 24.4 Å². The van der Waals surface area contributed by atoms with Gasteiger partial charge in [-0.3, -0.25) is 9.69 Å².